The number of hydrogen-bond donors (Lipinski definition) is 1. The Kier molecular flexibility index (Phi) is 3.69. The summed E-state index contributed by atoms with van der Waals surface area (Å²) in [5.41, 5.74) is 0.978. The van der Waals surface area contributed by atoms with Crippen LogP contribution >= 0.6 is 0 Å². The van der Waals surface area contributed by atoms with Crippen LogP contribution in [-0.2, 0) is 0 Å². The van der Waals surface area contributed by atoms with Crippen LogP contribution in [0.2, 0.25) is 0 Å². The Morgan fingerprint density at radius 2 is 1.92 bits per heavy atom. The molecule has 2 aromatic heterocycles. The summed E-state index contributed by atoms with van der Waals surface area (Å²) in [6.07, 6.45) is 5.90. The van der Waals surface area contributed by atoms with E-state index in [1.165, 1.54) is 17.2 Å². The summed E-state index contributed by atoms with van der Waals surface area (Å²) >= 11 is 0. The van der Waals surface area contributed by atoms with E-state index in [4.69, 9.17) is 0 Å². The summed E-state index contributed by atoms with van der Waals surface area (Å²) in [6, 6.07) is 2.94. The highest BCUT2D eigenvalue weighted by atomic mass is 19.2. The molecule has 1 aromatic carbocycles. The fourth-order valence-electron chi connectivity index (χ4n) is 3.21. The summed E-state index contributed by atoms with van der Waals surface area (Å²) in [7, 11) is 0. The number of β-amino-alcohol motifs (C(OH)–C–C–N with tert-alkyl or cyclic N) is 1. The lowest BCUT2D eigenvalue weighted by molar-refractivity contribution is 0.0711. The normalized spacial score (nSPS) is 20.4. The van der Waals surface area contributed by atoms with Gasteiger partial charge in [0.25, 0.3) is 5.91 Å². The first-order valence-electron chi connectivity index (χ1n) is 7.76. The van der Waals surface area contributed by atoms with Gasteiger partial charge in [0.15, 0.2) is 23.0 Å². The molecule has 25 heavy (non-hydrogen) atoms. The van der Waals surface area contributed by atoms with Crippen LogP contribution in [0.4, 0.5) is 8.78 Å². The predicted octanol–water partition coefficient (Wildman–Crippen LogP) is 1.96. The number of halogens is 2. The van der Waals surface area contributed by atoms with E-state index in [0.29, 0.717) is 11.2 Å². The molecule has 1 saturated heterocycles. The molecule has 128 valence electrons. The van der Waals surface area contributed by atoms with E-state index >= 15 is 0 Å². The van der Waals surface area contributed by atoms with Gasteiger partial charge in [-0.15, -0.1) is 0 Å². The van der Waals surface area contributed by atoms with Crippen molar-refractivity contribution < 1.29 is 18.7 Å². The third kappa shape index (κ3) is 2.64. The van der Waals surface area contributed by atoms with Gasteiger partial charge in [-0.2, -0.15) is 0 Å². The molecule has 0 spiro atoms. The number of carbonyl (C=O) groups excluding carboxylic acids is 1. The van der Waals surface area contributed by atoms with Gasteiger partial charge in [-0.1, -0.05) is 6.07 Å². The average Bonchev–Trinajstić information content (AvgIpc) is 3.22. The minimum absolute atomic E-state index is 0.0892. The second-order valence-electron chi connectivity index (χ2n) is 5.97. The Morgan fingerprint density at radius 3 is 2.68 bits per heavy atom. The standard InChI is InChI=1S/C17H14F2N4O2/c18-12-2-1-10(7-13(12)19)14-8-11(24)9-23(14)17(25)15-16-21-4-6-22(16)5-3-20-15/h1-7,11,14,24H,8-9H2/t11-,14-/m1/s1. The van der Waals surface area contributed by atoms with Crippen molar-refractivity contribution >= 4 is 11.6 Å². The van der Waals surface area contributed by atoms with E-state index in [1.54, 1.807) is 23.0 Å². The molecule has 0 saturated carbocycles. The van der Waals surface area contributed by atoms with Crippen LogP contribution < -0.4 is 0 Å². The van der Waals surface area contributed by atoms with Crippen LogP contribution in [-0.4, -0.2) is 42.9 Å². The number of carbonyl (C=O) groups is 1. The second-order valence-corrected chi connectivity index (χ2v) is 5.97. The molecule has 4 rings (SSSR count). The number of amides is 1. The van der Waals surface area contributed by atoms with E-state index in [2.05, 4.69) is 9.97 Å². The Balaban J connectivity index is 1.73. The number of imidazole rings is 1. The van der Waals surface area contributed by atoms with Crippen LogP contribution in [0.5, 0.6) is 0 Å². The highest BCUT2D eigenvalue weighted by Gasteiger charge is 2.37. The molecular formula is C17H14F2N4O2. The smallest absolute Gasteiger partial charge is 0.276 e. The van der Waals surface area contributed by atoms with Gasteiger partial charge in [-0.25, -0.2) is 18.7 Å². The molecule has 0 unspecified atom stereocenters. The van der Waals surface area contributed by atoms with Crippen molar-refractivity contribution in [1.82, 2.24) is 19.3 Å². The summed E-state index contributed by atoms with van der Waals surface area (Å²) in [5, 5.41) is 10.0. The van der Waals surface area contributed by atoms with Crippen molar-refractivity contribution in [2.45, 2.75) is 18.6 Å². The van der Waals surface area contributed by atoms with Gasteiger partial charge in [-0.05, 0) is 24.1 Å². The number of hydrogen-bond acceptors (Lipinski definition) is 4. The number of likely N-dealkylation sites (tertiary alicyclic amines) is 1. The Bertz CT molecular complexity index is 959. The molecule has 1 amide bonds. The number of aliphatic hydroxyl groups is 1. The molecule has 0 radical (unpaired) electrons. The molecule has 3 heterocycles. The van der Waals surface area contributed by atoms with E-state index in [0.717, 1.165) is 12.1 Å². The van der Waals surface area contributed by atoms with Crippen molar-refractivity contribution in [3.8, 4) is 0 Å². The maximum atomic E-state index is 13.6. The molecule has 1 aliphatic rings. The number of benzene rings is 1. The van der Waals surface area contributed by atoms with E-state index in [9.17, 15) is 18.7 Å². The van der Waals surface area contributed by atoms with E-state index in [-0.39, 0.29) is 18.7 Å². The van der Waals surface area contributed by atoms with Crippen molar-refractivity contribution in [2.75, 3.05) is 6.54 Å². The van der Waals surface area contributed by atoms with Gasteiger partial charge < -0.3 is 14.4 Å². The zero-order valence-electron chi connectivity index (χ0n) is 13.0. The zero-order chi connectivity index (χ0) is 17.6. The van der Waals surface area contributed by atoms with E-state index < -0.39 is 29.7 Å². The first-order valence-corrected chi connectivity index (χ1v) is 7.76. The highest BCUT2D eigenvalue weighted by molar-refractivity contribution is 5.98. The molecule has 1 aliphatic heterocycles. The SMILES string of the molecule is O=C(c1nccn2ccnc12)N1C[C@H](O)C[C@@H]1c1ccc(F)c(F)c1. The fourth-order valence-corrected chi connectivity index (χ4v) is 3.21. The van der Waals surface area contributed by atoms with Crippen molar-refractivity contribution in [1.29, 1.82) is 0 Å². The Labute approximate surface area is 141 Å². The largest absolute Gasteiger partial charge is 0.391 e. The molecule has 6 nitrogen and oxygen atoms in total. The highest BCUT2D eigenvalue weighted by Crippen LogP contribution is 2.34. The Hall–Kier alpha value is -2.87. The number of nitrogens with zero attached hydrogens (tertiary/aromatic N) is 4. The second kappa shape index (κ2) is 5.89. The van der Waals surface area contributed by atoms with Gasteiger partial charge in [0.2, 0.25) is 0 Å². The maximum absolute atomic E-state index is 13.6. The van der Waals surface area contributed by atoms with Gasteiger partial charge in [-0.3, -0.25) is 4.79 Å². The maximum Gasteiger partial charge on any atom is 0.276 e. The third-order valence-corrected chi connectivity index (χ3v) is 4.38. The van der Waals surface area contributed by atoms with Crippen LogP contribution in [0.3, 0.4) is 0 Å². The summed E-state index contributed by atoms with van der Waals surface area (Å²) < 4.78 is 28.4. The fraction of sp³-hybridized carbons (Fsp3) is 0.235. The van der Waals surface area contributed by atoms with Crippen LogP contribution in [0.1, 0.15) is 28.5 Å². The van der Waals surface area contributed by atoms with Crippen molar-refractivity contribution in [2.24, 2.45) is 0 Å². The lowest BCUT2D eigenvalue weighted by Crippen LogP contribution is -2.32. The zero-order valence-corrected chi connectivity index (χ0v) is 13.0. The quantitative estimate of drug-likeness (QED) is 0.771. The molecule has 1 fully saturated rings. The summed E-state index contributed by atoms with van der Waals surface area (Å²) in [5.74, 6) is -2.35. The van der Waals surface area contributed by atoms with E-state index in [1.807, 2.05) is 0 Å². The first-order chi connectivity index (χ1) is 12.0. The molecule has 1 N–H and O–H groups in total. The lowest BCUT2D eigenvalue weighted by Gasteiger charge is -2.24. The lowest BCUT2D eigenvalue weighted by atomic mass is 10.0. The third-order valence-electron chi connectivity index (χ3n) is 4.38. The molecule has 2 atom stereocenters. The monoisotopic (exact) mass is 344 g/mol. The molecule has 8 heteroatoms. The Morgan fingerprint density at radius 1 is 1.16 bits per heavy atom. The first kappa shape index (κ1) is 15.6. The van der Waals surface area contributed by atoms with Crippen molar-refractivity contribution in [3.05, 3.63) is 65.9 Å². The molecular weight excluding hydrogens is 330 g/mol. The molecule has 0 bridgehead atoms. The number of fused-ring (bicyclic) bond motifs is 1. The van der Waals surface area contributed by atoms with Gasteiger partial charge in [0.05, 0.1) is 12.1 Å². The average molecular weight is 344 g/mol. The minimum Gasteiger partial charge on any atom is -0.391 e. The molecule has 3 aromatic rings. The summed E-state index contributed by atoms with van der Waals surface area (Å²) in [6.45, 7) is 0.0892. The van der Waals surface area contributed by atoms with Crippen molar-refractivity contribution in [3.63, 3.8) is 0 Å². The number of aliphatic hydroxyl groups excluding tert-OH is 1. The number of rotatable bonds is 2. The van der Waals surface area contributed by atoms with Gasteiger partial charge >= 0.3 is 0 Å². The van der Waals surface area contributed by atoms with Gasteiger partial charge in [0, 0.05) is 31.3 Å². The van der Waals surface area contributed by atoms with Crippen LogP contribution in [0.15, 0.2) is 43.0 Å². The minimum atomic E-state index is -0.986. The van der Waals surface area contributed by atoms with Crippen LogP contribution in [0, 0.1) is 11.6 Å². The molecule has 0 aliphatic carbocycles. The topological polar surface area (TPSA) is 70.7 Å². The predicted molar refractivity (Wildman–Crippen MR) is 83.7 cm³/mol. The van der Waals surface area contributed by atoms with Crippen LogP contribution in [0.25, 0.3) is 5.65 Å². The summed E-state index contributed by atoms with van der Waals surface area (Å²) in [4.78, 5) is 22.6. The number of aromatic nitrogens is 3. The van der Waals surface area contributed by atoms with Gasteiger partial charge in [0.1, 0.15) is 0 Å².